The van der Waals surface area contributed by atoms with Crippen molar-refractivity contribution < 1.29 is 4.79 Å². The number of allylic oxidation sites excluding steroid dienone is 6. The third-order valence-corrected chi connectivity index (χ3v) is 5.93. The number of pyridine rings is 1. The molecule has 0 bridgehead atoms. The van der Waals surface area contributed by atoms with Crippen LogP contribution in [0.1, 0.15) is 17.0 Å². The van der Waals surface area contributed by atoms with Crippen LogP contribution in [0.3, 0.4) is 0 Å². The number of carbonyl (C=O) groups excluding carboxylic acids is 1. The summed E-state index contributed by atoms with van der Waals surface area (Å²) in [6.07, 6.45) is 15.8. The largest absolute Gasteiger partial charge is 0.368 e. The van der Waals surface area contributed by atoms with E-state index >= 15 is 0 Å². The first-order chi connectivity index (χ1) is 14.6. The number of imidazole rings is 1. The van der Waals surface area contributed by atoms with Gasteiger partial charge in [0.1, 0.15) is 5.65 Å². The zero-order valence-corrected chi connectivity index (χ0v) is 17.3. The van der Waals surface area contributed by atoms with E-state index in [1.165, 1.54) is 0 Å². The maximum Gasteiger partial charge on any atom is 0.255 e. The van der Waals surface area contributed by atoms with Crippen molar-refractivity contribution in [1.29, 1.82) is 0 Å². The van der Waals surface area contributed by atoms with Gasteiger partial charge in [0.25, 0.3) is 5.91 Å². The fourth-order valence-electron chi connectivity index (χ4n) is 4.07. The summed E-state index contributed by atoms with van der Waals surface area (Å²) in [5.74, 6) is -0.0452. The number of rotatable bonds is 2. The van der Waals surface area contributed by atoms with Gasteiger partial charge in [-0.1, -0.05) is 12.2 Å². The van der Waals surface area contributed by atoms with Gasteiger partial charge >= 0.3 is 0 Å². The highest BCUT2D eigenvalue weighted by Gasteiger charge is 2.21. The molecule has 2 aromatic heterocycles. The fraction of sp³-hybridized carbons (Fsp3) is 0.250. The van der Waals surface area contributed by atoms with Gasteiger partial charge < -0.3 is 14.6 Å². The Morgan fingerprint density at radius 1 is 1.03 bits per heavy atom. The third kappa shape index (κ3) is 3.29. The van der Waals surface area contributed by atoms with E-state index in [2.05, 4.69) is 38.8 Å². The molecule has 2 aromatic rings. The van der Waals surface area contributed by atoms with Gasteiger partial charge in [0.05, 0.1) is 11.4 Å². The summed E-state index contributed by atoms with van der Waals surface area (Å²) in [7, 11) is 0. The molecule has 1 fully saturated rings. The highest BCUT2D eigenvalue weighted by atomic mass is 16.2. The molecule has 3 aliphatic rings. The zero-order valence-electron chi connectivity index (χ0n) is 17.3. The second-order valence-electron chi connectivity index (χ2n) is 7.81. The maximum absolute atomic E-state index is 13.2. The van der Waals surface area contributed by atoms with E-state index in [1.807, 2.05) is 49.6 Å². The Kier molecular flexibility index (Phi) is 4.64. The van der Waals surface area contributed by atoms with E-state index < -0.39 is 0 Å². The number of hydrogen-bond acceptors (Lipinski definition) is 4. The predicted octanol–water partition coefficient (Wildman–Crippen LogP) is 2.93. The molecule has 3 aliphatic heterocycles. The first kappa shape index (κ1) is 18.6. The van der Waals surface area contributed by atoms with Gasteiger partial charge in [-0.25, -0.2) is 4.98 Å². The molecule has 0 unspecified atom stereocenters. The lowest BCUT2D eigenvalue weighted by Gasteiger charge is -2.33. The van der Waals surface area contributed by atoms with E-state index in [9.17, 15) is 4.79 Å². The van der Waals surface area contributed by atoms with E-state index in [-0.39, 0.29) is 5.91 Å². The molecule has 1 saturated heterocycles. The quantitative estimate of drug-likeness (QED) is 0.844. The lowest BCUT2D eigenvalue weighted by molar-refractivity contribution is -0.122. The molecule has 0 spiro atoms. The van der Waals surface area contributed by atoms with Gasteiger partial charge in [-0.2, -0.15) is 0 Å². The van der Waals surface area contributed by atoms with E-state index in [0.29, 0.717) is 0 Å². The summed E-state index contributed by atoms with van der Waals surface area (Å²) < 4.78 is 2.08. The maximum atomic E-state index is 13.2. The zero-order chi connectivity index (χ0) is 20.7. The summed E-state index contributed by atoms with van der Waals surface area (Å²) in [6.45, 7) is 7.89. The SMILES string of the molecule is Cc1nc2ccc(C3=C\C(=O)N4C=C(N5CCNCC5)C=C\C4=C/C=C/3)cn2c1C. The summed E-state index contributed by atoms with van der Waals surface area (Å²) >= 11 is 0. The molecule has 5 rings (SSSR count). The van der Waals surface area contributed by atoms with Gasteiger partial charge in [0.15, 0.2) is 0 Å². The monoisotopic (exact) mass is 399 g/mol. The summed E-state index contributed by atoms with van der Waals surface area (Å²) in [5.41, 5.74) is 6.87. The van der Waals surface area contributed by atoms with E-state index in [1.54, 1.807) is 11.0 Å². The fourth-order valence-corrected chi connectivity index (χ4v) is 4.07. The van der Waals surface area contributed by atoms with Crippen molar-refractivity contribution in [2.75, 3.05) is 26.2 Å². The Labute approximate surface area is 176 Å². The van der Waals surface area contributed by atoms with Crippen LogP contribution in [0.4, 0.5) is 0 Å². The van der Waals surface area contributed by atoms with E-state index in [0.717, 1.165) is 65.7 Å². The topological polar surface area (TPSA) is 52.9 Å². The minimum atomic E-state index is -0.0452. The van der Waals surface area contributed by atoms with Crippen LogP contribution in [-0.4, -0.2) is 51.3 Å². The van der Waals surface area contributed by atoms with Crippen molar-refractivity contribution >= 4 is 17.1 Å². The summed E-state index contributed by atoms with van der Waals surface area (Å²) in [5, 5.41) is 3.37. The van der Waals surface area contributed by atoms with Crippen molar-refractivity contribution in [3.8, 4) is 0 Å². The van der Waals surface area contributed by atoms with Crippen LogP contribution in [0.5, 0.6) is 0 Å². The van der Waals surface area contributed by atoms with Crippen molar-refractivity contribution in [3.63, 3.8) is 0 Å². The first-order valence-corrected chi connectivity index (χ1v) is 10.3. The molecule has 152 valence electrons. The minimum absolute atomic E-state index is 0.0452. The van der Waals surface area contributed by atoms with Crippen LogP contribution >= 0.6 is 0 Å². The number of fused-ring (bicyclic) bond motifs is 2. The van der Waals surface area contributed by atoms with Crippen molar-refractivity contribution in [2.24, 2.45) is 0 Å². The molecular formula is C24H25N5O. The van der Waals surface area contributed by atoms with Gasteiger partial charge in [0, 0.05) is 56.0 Å². The average molecular weight is 399 g/mol. The van der Waals surface area contributed by atoms with Gasteiger partial charge in [-0.15, -0.1) is 0 Å². The summed E-state index contributed by atoms with van der Waals surface area (Å²) in [6, 6.07) is 4.02. The van der Waals surface area contributed by atoms with Crippen LogP contribution in [0, 0.1) is 13.8 Å². The smallest absolute Gasteiger partial charge is 0.255 e. The minimum Gasteiger partial charge on any atom is -0.368 e. The average Bonchev–Trinajstić information content (AvgIpc) is 3.05. The Balaban J connectivity index is 1.50. The molecule has 0 radical (unpaired) electrons. The molecule has 5 heterocycles. The predicted molar refractivity (Wildman–Crippen MR) is 118 cm³/mol. The van der Waals surface area contributed by atoms with Gasteiger partial charge in [-0.3, -0.25) is 9.69 Å². The Bertz CT molecular complexity index is 1170. The van der Waals surface area contributed by atoms with Crippen LogP contribution in [0.15, 0.2) is 72.4 Å². The number of carbonyl (C=O) groups is 1. The van der Waals surface area contributed by atoms with Crippen LogP contribution in [0.25, 0.3) is 11.2 Å². The normalized spacial score (nSPS) is 23.8. The van der Waals surface area contributed by atoms with Crippen molar-refractivity contribution in [2.45, 2.75) is 13.8 Å². The molecule has 6 heteroatoms. The number of aryl methyl sites for hydroxylation is 2. The Morgan fingerprint density at radius 2 is 1.83 bits per heavy atom. The summed E-state index contributed by atoms with van der Waals surface area (Å²) in [4.78, 5) is 21.8. The van der Waals surface area contributed by atoms with Crippen molar-refractivity contribution in [1.82, 2.24) is 24.5 Å². The number of nitrogens with one attached hydrogen (secondary N) is 1. The number of aromatic nitrogens is 2. The van der Waals surface area contributed by atoms with Gasteiger partial charge in [0.2, 0.25) is 0 Å². The van der Waals surface area contributed by atoms with Crippen LogP contribution < -0.4 is 5.32 Å². The highest BCUT2D eigenvalue weighted by Crippen LogP contribution is 2.25. The molecule has 0 saturated carbocycles. The molecule has 0 aliphatic carbocycles. The molecule has 6 nitrogen and oxygen atoms in total. The standard InChI is InChI=1S/C24H25N5O/c1-17-18(2)28-15-20(6-9-23(28)26-17)19-4-3-5-21-7-8-22(16-29(21)24(30)14-19)27-12-10-25-11-13-27/h3-9,14-16,25H,10-13H2,1-2H3/b4-3+,19-14+,21-5+. The van der Waals surface area contributed by atoms with Crippen molar-refractivity contribution in [3.05, 3.63) is 89.3 Å². The second kappa shape index (κ2) is 7.46. The first-order valence-electron chi connectivity index (χ1n) is 10.3. The lowest BCUT2D eigenvalue weighted by Crippen LogP contribution is -2.43. The van der Waals surface area contributed by atoms with Gasteiger partial charge in [-0.05, 0) is 55.3 Å². The number of piperazine rings is 1. The Morgan fingerprint density at radius 3 is 2.67 bits per heavy atom. The number of nitrogens with zero attached hydrogens (tertiary/aromatic N) is 4. The van der Waals surface area contributed by atoms with Crippen LogP contribution in [0.2, 0.25) is 0 Å². The molecule has 1 amide bonds. The van der Waals surface area contributed by atoms with E-state index in [4.69, 9.17) is 0 Å². The second-order valence-corrected chi connectivity index (χ2v) is 7.81. The molecule has 0 aromatic carbocycles. The third-order valence-electron chi connectivity index (χ3n) is 5.93. The number of hydrogen-bond donors (Lipinski definition) is 1. The molecule has 0 atom stereocenters. The molecule has 30 heavy (non-hydrogen) atoms. The highest BCUT2D eigenvalue weighted by molar-refractivity contribution is 5.99. The van der Waals surface area contributed by atoms with Crippen LogP contribution in [-0.2, 0) is 4.79 Å². The molecular weight excluding hydrogens is 374 g/mol. The lowest BCUT2D eigenvalue weighted by atomic mass is 10.0. The Hall–Kier alpha value is -3.38. The molecule has 1 N–H and O–H groups in total. The number of amides is 1.